The molecule has 0 radical (unpaired) electrons. The Kier molecular flexibility index (Phi) is 6.99. The summed E-state index contributed by atoms with van der Waals surface area (Å²) in [5, 5.41) is 6.85. The van der Waals surface area contributed by atoms with E-state index in [-0.39, 0.29) is 36.7 Å². The van der Waals surface area contributed by atoms with Gasteiger partial charge in [-0.1, -0.05) is 18.2 Å². The summed E-state index contributed by atoms with van der Waals surface area (Å²) in [6.07, 6.45) is 1.32. The van der Waals surface area contributed by atoms with Crippen molar-refractivity contribution in [2.75, 3.05) is 26.7 Å². The second-order valence-electron chi connectivity index (χ2n) is 8.00. The van der Waals surface area contributed by atoms with Gasteiger partial charge in [-0.05, 0) is 42.8 Å². The first-order valence-corrected chi connectivity index (χ1v) is 10.8. The van der Waals surface area contributed by atoms with Crippen molar-refractivity contribution in [3.05, 3.63) is 77.4 Å². The van der Waals surface area contributed by atoms with Gasteiger partial charge >= 0.3 is 0 Å². The van der Waals surface area contributed by atoms with E-state index in [1.165, 1.54) is 4.90 Å². The van der Waals surface area contributed by atoms with Crippen LogP contribution in [-0.2, 0) is 22.7 Å². The third-order valence-electron chi connectivity index (χ3n) is 5.44. The smallest absolute Gasteiger partial charge is 0.274 e. The molecule has 33 heavy (non-hydrogen) atoms. The number of aromatic amines is 1. The number of hydrogen-bond donors (Lipinski definition) is 1. The number of rotatable bonds is 7. The number of aromatic nitrogens is 3. The second kappa shape index (κ2) is 10.3. The van der Waals surface area contributed by atoms with Crippen LogP contribution in [0.2, 0.25) is 0 Å². The number of carbonyl (C=O) groups is 2. The fourth-order valence-corrected chi connectivity index (χ4v) is 3.74. The molecule has 1 fully saturated rings. The number of methoxy groups -OCH3 is 1. The first-order valence-electron chi connectivity index (χ1n) is 10.8. The molecule has 0 unspecified atom stereocenters. The molecule has 2 amide bonds. The third kappa shape index (κ3) is 5.75. The monoisotopic (exact) mass is 449 g/mol. The van der Waals surface area contributed by atoms with E-state index in [9.17, 15) is 9.59 Å². The van der Waals surface area contributed by atoms with Gasteiger partial charge in [-0.15, -0.1) is 0 Å². The summed E-state index contributed by atoms with van der Waals surface area (Å²) >= 11 is 0. The standard InChI is InChI=1S/C24H27N5O4/c1-17-10-22(27-26-17)24(31)29-14-21(33-16-18-6-5-8-20(11-18)32-2)13-28(23(30)15-29)12-19-7-3-4-9-25-19/h3-11,21H,12-16H2,1-2H3,(H,26,27)/t21-/m0/s1. The van der Waals surface area contributed by atoms with Gasteiger partial charge in [0, 0.05) is 25.0 Å². The molecule has 172 valence electrons. The molecule has 1 aliphatic rings. The first kappa shape index (κ1) is 22.5. The number of carbonyl (C=O) groups excluding carboxylic acids is 2. The molecule has 1 atom stereocenters. The van der Waals surface area contributed by atoms with Gasteiger partial charge < -0.3 is 19.3 Å². The maximum absolute atomic E-state index is 13.1. The van der Waals surface area contributed by atoms with Crippen molar-refractivity contribution in [3.63, 3.8) is 0 Å². The number of hydrogen-bond acceptors (Lipinski definition) is 6. The maximum Gasteiger partial charge on any atom is 0.274 e. The third-order valence-corrected chi connectivity index (χ3v) is 5.44. The largest absolute Gasteiger partial charge is 0.497 e. The van der Waals surface area contributed by atoms with Gasteiger partial charge in [0.05, 0.1) is 32.1 Å². The Balaban J connectivity index is 1.53. The summed E-state index contributed by atoms with van der Waals surface area (Å²) in [4.78, 5) is 33.7. The van der Waals surface area contributed by atoms with Crippen LogP contribution in [0.4, 0.5) is 0 Å². The molecule has 1 N–H and O–H groups in total. The van der Waals surface area contributed by atoms with Gasteiger partial charge in [0.2, 0.25) is 5.91 Å². The summed E-state index contributed by atoms with van der Waals surface area (Å²) in [7, 11) is 1.62. The van der Waals surface area contributed by atoms with Crippen LogP contribution in [-0.4, -0.2) is 69.6 Å². The van der Waals surface area contributed by atoms with Crippen molar-refractivity contribution in [2.45, 2.75) is 26.2 Å². The minimum absolute atomic E-state index is 0.0450. The molecule has 0 saturated carbocycles. The van der Waals surface area contributed by atoms with E-state index < -0.39 is 0 Å². The van der Waals surface area contributed by atoms with Crippen LogP contribution in [0.1, 0.15) is 27.4 Å². The fourth-order valence-electron chi connectivity index (χ4n) is 3.74. The van der Waals surface area contributed by atoms with Crippen LogP contribution in [0.5, 0.6) is 5.75 Å². The van der Waals surface area contributed by atoms with Gasteiger partial charge in [0.15, 0.2) is 0 Å². The van der Waals surface area contributed by atoms with Crippen molar-refractivity contribution in [3.8, 4) is 5.75 Å². The minimum Gasteiger partial charge on any atom is -0.497 e. The Morgan fingerprint density at radius 2 is 2.06 bits per heavy atom. The lowest BCUT2D eigenvalue weighted by Gasteiger charge is -2.24. The number of ether oxygens (including phenoxy) is 2. The van der Waals surface area contributed by atoms with E-state index in [0.29, 0.717) is 19.7 Å². The Hall–Kier alpha value is -3.72. The molecule has 9 nitrogen and oxygen atoms in total. The van der Waals surface area contributed by atoms with Crippen molar-refractivity contribution >= 4 is 11.8 Å². The maximum atomic E-state index is 13.1. The average molecular weight is 450 g/mol. The van der Waals surface area contributed by atoms with E-state index in [2.05, 4.69) is 15.2 Å². The predicted molar refractivity (Wildman–Crippen MR) is 120 cm³/mol. The van der Waals surface area contributed by atoms with Gasteiger partial charge in [-0.3, -0.25) is 19.7 Å². The van der Waals surface area contributed by atoms with Crippen LogP contribution < -0.4 is 4.74 Å². The summed E-state index contributed by atoms with van der Waals surface area (Å²) < 4.78 is 11.5. The SMILES string of the molecule is COc1cccc(CO[C@H]2CN(Cc3ccccn3)C(=O)CN(C(=O)c3cc(C)[nH]n3)C2)c1. The molecule has 4 rings (SSSR count). The molecule has 1 saturated heterocycles. The number of nitrogens with one attached hydrogen (secondary N) is 1. The highest BCUT2D eigenvalue weighted by Crippen LogP contribution is 2.17. The van der Waals surface area contributed by atoms with Crippen molar-refractivity contribution in [2.24, 2.45) is 0 Å². The fraction of sp³-hybridized carbons (Fsp3) is 0.333. The Morgan fingerprint density at radius 3 is 2.79 bits per heavy atom. The summed E-state index contributed by atoms with van der Waals surface area (Å²) in [5.74, 6) is 0.283. The molecule has 3 heterocycles. The number of nitrogens with zero attached hydrogens (tertiary/aromatic N) is 4. The van der Waals surface area contributed by atoms with Crippen LogP contribution >= 0.6 is 0 Å². The minimum atomic E-state index is -0.379. The van der Waals surface area contributed by atoms with Crippen molar-refractivity contribution in [1.29, 1.82) is 0 Å². The molecule has 0 aliphatic carbocycles. The first-order chi connectivity index (χ1) is 16.0. The Labute approximate surface area is 192 Å². The average Bonchev–Trinajstić information content (AvgIpc) is 3.21. The second-order valence-corrected chi connectivity index (χ2v) is 8.00. The number of amides is 2. The predicted octanol–water partition coefficient (Wildman–Crippen LogP) is 2.19. The zero-order valence-electron chi connectivity index (χ0n) is 18.7. The lowest BCUT2D eigenvalue weighted by Crippen LogP contribution is -2.39. The van der Waals surface area contributed by atoms with Gasteiger partial charge in [0.25, 0.3) is 5.91 Å². The van der Waals surface area contributed by atoms with Gasteiger partial charge in [-0.25, -0.2) is 0 Å². The van der Waals surface area contributed by atoms with E-state index >= 15 is 0 Å². The van der Waals surface area contributed by atoms with Crippen LogP contribution in [0.25, 0.3) is 0 Å². The van der Waals surface area contributed by atoms with E-state index in [0.717, 1.165) is 22.7 Å². The number of aryl methyl sites for hydroxylation is 1. The topological polar surface area (TPSA) is 101 Å². The quantitative estimate of drug-likeness (QED) is 0.594. The zero-order chi connectivity index (χ0) is 23.2. The number of H-pyrrole nitrogens is 1. The highest BCUT2D eigenvalue weighted by Gasteiger charge is 2.32. The molecule has 1 aliphatic heterocycles. The molecular weight excluding hydrogens is 422 g/mol. The van der Waals surface area contributed by atoms with E-state index in [4.69, 9.17) is 9.47 Å². The molecule has 1 aromatic carbocycles. The summed E-state index contributed by atoms with van der Waals surface area (Å²) in [5.41, 5.74) is 2.79. The molecule has 0 bridgehead atoms. The van der Waals surface area contributed by atoms with Crippen LogP contribution in [0.15, 0.2) is 54.7 Å². The van der Waals surface area contributed by atoms with Crippen molar-refractivity contribution < 1.29 is 19.1 Å². The number of pyridine rings is 1. The number of benzene rings is 1. The van der Waals surface area contributed by atoms with Crippen LogP contribution in [0.3, 0.4) is 0 Å². The highest BCUT2D eigenvalue weighted by molar-refractivity contribution is 5.95. The summed E-state index contributed by atoms with van der Waals surface area (Å²) in [6.45, 7) is 3.09. The molecule has 0 spiro atoms. The van der Waals surface area contributed by atoms with E-state index in [1.807, 2.05) is 49.4 Å². The van der Waals surface area contributed by atoms with Crippen molar-refractivity contribution in [1.82, 2.24) is 25.0 Å². The summed E-state index contributed by atoms with van der Waals surface area (Å²) in [6, 6.07) is 14.9. The highest BCUT2D eigenvalue weighted by atomic mass is 16.5. The molecule has 2 aromatic heterocycles. The zero-order valence-corrected chi connectivity index (χ0v) is 18.7. The lowest BCUT2D eigenvalue weighted by molar-refractivity contribution is -0.132. The van der Waals surface area contributed by atoms with Crippen LogP contribution in [0, 0.1) is 6.92 Å². The Bertz CT molecular complexity index is 1100. The molecule has 3 aromatic rings. The molecular formula is C24H27N5O4. The Morgan fingerprint density at radius 1 is 1.18 bits per heavy atom. The van der Waals surface area contributed by atoms with Gasteiger partial charge in [-0.2, -0.15) is 5.10 Å². The van der Waals surface area contributed by atoms with E-state index in [1.54, 1.807) is 24.3 Å². The molecule has 9 heteroatoms. The van der Waals surface area contributed by atoms with Gasteiger partial charge in [0.1, 0.15) is 18.0 Å². The lowest BCUT2D eigenvalue weighted by atomic mass is 10.2. The normalized spacial score (nSPS) is 16.5.